The van der Waals surface area contributed by atoms with Crippen molar-refractivity contribution in [3.63, 3.8) is 0 Å². The fraction of sp³-hybridized carbons (Fsp3) is 0.632. The summed E-state index contributed by atoms with van der Waals surface area (Å²) < 4.78 is 29.4. The van der Waals surface area contributed by atoms with Gasteiger partial charge in [0.05, 0.1) is 11.3 Å². The molecule has 0 atom stereocenters. The molecule has 0 saturated carbocycles. The van der Waals surface area contributed by atoms with Crippen molar-refractivity contribution in [1.82, 2.24) is 10.2 Å². The zero-order chi connectivity index (χ0) is 19.2. The molecule has 1 N–H and O–H groups in total. The van der Waals surface area contributed by atoms with E-state index in [9.17, 15) is 8.42 Å². The Balaban J connectivity index is 0.00000364. The van der Waals surface area contributed by atoms with Crippen LogP contribution in [0.25, 0.3) is 0 Å². The molecule has 1 aromatic rings. The van der Waals surface area contributed by atoms with Crippen molar-refractivity contribution < 1.29 is 13.2 Å². The first-order valence-corrected chi connectivity index (χ1v) is 11.0. The lowest BCUT2D eigenvalue weighted by Gasteiger charge is -2.34. The van der Waals surface area contributed by atoms with Crippen LogP contribution in [-0.4, -0.2) is 63.6 Å². The van der Waals surface area contributed by atoms with E-state index >= 15 is 0 Å². The summed E-state index contributed by atoms with van der Waals surface area (Å²) in [4.78, 5) is 6.72. The number of nitrogens with one attached hydrogen (secondary N) is 1. The van der Waals surface area contributed by atoms with E-state index in [0.29, 0.717) is 32.6 Å². The molecule has 1 aromatic carbocycles. The zero-order valence-corrected chi connectivity index (χ0v) is 19.8. The van der Waals surface area contributed by atoms with Crippen LogP contribution in [-0.2, 0) is 21.1 Å². The molecule has 6 nitrogen and oxygen atoms in total. The molecule has 1 saturated heterocycles. The second-order valence-corrected chi connectivity index (χ2v) is 9.49. The first-order valence-electron chi connectivity index (χ1n) is 9.10. The number of ether oxygens (including phenoxy) is 1. The third kappa shape index (κ3) is 6.60. The van der Waals surface area contributed by atoms with Gasteiger partial charge in [0, 0.05) is 39.6 Å². The number of aryl methyl sites for hydroxylation is 1. The number of halogens is 1. The van der Waals surface area contributed by atoms with Crippen LogP contribution in [0.5, 0.6) is 0 Å². The number of hydrogen-bond donors (Lipinski definition) is 1. The van der Waals surface area contributed by atoms with Gasteiger partial charge in [-0.1, -0.05) is 29.8 Å². The minimum Gasteiger partial charge on any atom is -0.381 e. The van der Waals surface area contributed by atoms with Crippen LogP contribution in [0.2, 0.25) is 0 Å². The van der Waals surface area contributed by atoms with Gasteiger partial charge in [-0.2, -0.15) is 0 Å². The number of hydrogen-bond acceptors (Lipinski definition) is 4. The highest BCUT2D eigenvalue weighted by Gasteiger charge is 2.42. The topological polar surface area (TPSA) is 71.0 Å². The van der Waals surface area contributed by atoms with E-state index in [2.05, 4.69) is 41.5 Å². The van der Waals surface area contributed by atoms with Gasteiger partial charge in [-0.3, -0.25) is 4.99 Å². The maximum absolute atomic E-state index is 12.4. The van der Waals surface area contributed by atoms with Gasteiger partial charge in [0.2, 0.25) is 0 Å². The number of aliphatic imine (C=N–C) groups is 1. The Morgan fingerprint density at radius 1 is 1.26 bits per heavy atom. The van der Waals surface area contributed by atoms with Crippen LogP contribution in [0.4, 0.5) is 0 Å². The summed E-state index contributed by atoms with van der Waals surface area (Å²) in [5, 5.41) is 3.27. The lowest BCUT2D eigenvalue weighted by atomic mass is 9.99. The molecule has 2 rings (SSSR count). The Morgan fingerprint density at radius 2 is 1.85 bits per heavy atom. The third-order valence-corrected chi connectivity index (χ3v) is 7.05. The predicted octanol–water partition coefficient (Wildman–Crippen LogP) is 2.60. The molecule has 8 heteroatoms. The molecule has 0 amide bonds. The summed E-state index contributed by atoms with van der Waals surface area (Å²) in [6.07, 6.45) is 2.31. The summed E-state index contributed by atoms with van der Waals surface area (Å²) >= 11 is 0. The second kappa shape index (κ2) is 10.6. The van der Waals surface area contributed by atoms with Gasteiger partial charge in [-0.15, -0.1) is 24.0 Å². The van der Waals surface area contributed by atoms with E-state index < -0.39 is 14.6 Å². The molecule has 0 radical (unpaired) electrons. The smallest absolute Gasteiger partial charge is 0.194 e. The Bertz CT molecular complexity index is 714. The van der Waals surface area contributed by atoms with Crippen LogP contribution in [0.1, 0.15) is 30.9 Å². The number of sulfone groups is 1. The first kappa shape index (κ1) is 24.2. The van der Waals surface area contributed by atoms with Crippen molar-refractivity contribution in [3.8, 4) is 0 Å². The van der Waals surface area contributed by atoms with Crippen LogP contribution < -0.4 is 5.32 Å². The number of guanidine groups is 1. The Hall–Kier alpha value is -0.870. The molecule has 1 aliphatic heterocycles. The van der Waals surface area contributed by atoms with Crippen LogP contribution >= 0.6 is 24.0 Å². The van der Waals surface area contributed by atoms with E-state index in [1.165, 1.54) is 17.4 Å². The molecule has 154 valence electrons. The van der Waals surface area contributed by atoms with Crippen molar-refractivity contribution in [3.05, 3.63) is 35.4 Å². The van der Waals surface area contributed by atoms with Crippen molar-refractivity contribution in [2.45, 2.75) is 38.0 Å². The maximum atomic E-state index is 12.4. The average molecular weight is 509 g/mol. The molecular formula is C19H32IN3O3S. The van der Waals surface area contributed by atoms with Crippen molar-refractivity contribution in [2.24, 2.45) is 4.99 Å². The van der Waals surface area contributed by atoms with Gasteiger partial charge in [0.15, 0.2) is 15.8 Å². The van der Waals surface area contributed by atoms with Crippen molar-refractivity contribution in [2.75, 3.05) is 39.6 Å². The van der Waals surface area contributed by atoms with E-state index in [1.807, 2.05) is 18.9 Å². The predicted molar refractivity (Wildman–Crippen MR) is 122 cm³/mol. The summed E-state index contributed by atoms with van der Waals surface area (Å²) in [6, 6.07) is 8.39. The summed E-state index contributed by atoms with van der Waals surface area (Å²) in [5.41, 5.74) is 2.42. The average Bonchev–Trinajstić information content (AvgIpc) is 2.60. The lowest BCUT2D eigenvalue weighted by Crippen LogP contribution is -2.47. The van der Waals surface area contributed by atoms with Gasteiger partial charge in [0.25, 0.3) is 0 Å². The van der Waals surface area contributed by atoms with Gasteiger partial charge >= 0.3 is 0 Å². The Labute approximate surface area is 180 Å². The Kier molecular flexibility index (Phi) is 9.50. The highest BCUT2D eigenvalue weighted by atomic mass is 127. The van der Waals surface area contributed by atoms with E-state index in [0.717, 1.165) is 12.5 Å². The summed E-state index contributed by atoms with van der Waals surface area (Å²) in [7, 11) is -1.25. The van der Waals surface area contributed by atoms with E-state index in [4.69, 9.17) is 4.74 Å². The van der Waals surface area contributed by atoms with Crippen molar-refractivity contribution >= 4 is 39.8 Å². The van der Waals surface area contributed by atoms with Crippen LogP contribution in [0.3, 0.4) is 0 Å². The monoisotopic (exact) mass is 509 g/mol. The molecule has 0 aromatic heterocycles. The second-order valence-electron chi connectivity index (χ2n) is 7.08. The van der Waals surface area contributed by atoms with Crippen molar-refractivity contribution in [1.29, 1.82) is 0 Å². The number of rotatable bonds is 6. The summed E-state index contributed by atoms with van der Waals surface area (Å²) in [5.74, 6) is 0.725. The maximum Gasteiger partial charge on any atom is 0.194 e. The molecule has 27 heavy (non-hydrogen) atoms. The minimum atomic E-state index is -3.22. The number of nitrogens with zero attached hydrogens (tertiary/aromatic N) is 2. The molecule has 0 unspecified atom stereocenters. The molecule has 1 aliphatic rings. The fourth-order valence-electron chi connectivity index (χ4n) is 3.12. The highest BCUT2D eigenvalue weighted by molar-refractivity contribution is 14.0. The molecule has 0 aliphatic carbocycles. The SMILES string of the molecule is CCNC(=NCC1(S(C)(=O)=O)CCOCC1)N(C)Cc1ccc(C)cc1.I. The van der Waals surface area contributed by atoms with Gasteiger partial charge in [0.1, 0.15) is 0 Å². The van der Waals surface area contributed by atoms with Crippen LogP contribution in [0, 0.1) is 6.92 Å². The lowest BCUT2D eigenvalue weighted by molar-refractivity contribution is 0.0767. The van der Waals surface area contributed by atoms with Gasteiger partial charge < -0.3 is 15.0 Å². The quantitative estimate of drug-likeness (QED) is 0.363. The molecule has 0 spiro atoms. The molecule has 1 heterocycles. The highest BCUT2D eigenvalue weighted by Crippen LogP contribution is 2.29. The standard InChI is InChI=1S/C19H31N3O3S.HI/c1-5-20-18(22(3)14-17-8-6-16(2)7-9-17)21-15-19(26(4,23)24)10-12-25-13-11-19;/h6-9H,5,10-15H2,1-4H3,(H,20,21);1H. The van der Waals surface area contributed by atoms with E-state index in [-0.39, 0.29) is 30.5 Å². The van der Waals surface area contributed by atoms with Gasteiger partial charge in [-0.05, 0) is 32.3 Å². The largest absolute Gasteiger partial charge is 0.381 e. The van der Waals surface area contributed by atoms with E-state index in [1.54, 1.807) is 0 Å². The molecule has 0 bridgehead atoms. The fourth-order valence-corrected chi connectivity index (χ4v) is 4.33. The Morgan fingerprint density at radius 3 is 2.37 bits per heavy atom. The first-order chi connectivity index (χ1) is 12.3. The minimum absolute atomic E-state index is 0. The van der Waals surface area contributed by atoms with Crippen LogP contribution in [0.15, 0.2) is 29.3 Å². The molecular weight excluding hydrogens is 477 g/mol. The zero-order valence-electron chi connectivity index (χ0n) is 16.7. The summed E-state index contributed by atoms with van der Waals surface area (Å²) in [6.45, 7) is 6.72. The third-order valence-electron chi connectivity index (χ3n) is 4.94. The molecule has 1 fully saturated rings. The van der Waals surface area contributed by atoms with Gasteiger partial charge in [-0.25, -0.2) is 8.42 Å². The number of benzene rings is 1. The normalized spacial score (nSPS) is 17.1.